The smallest absolute Gasteiger partial charge is 0.108 e. The van der Waals surface area contributed by atoms with Gasteiger partial charge in [-0.15, -0.1) is 0 Å². The van der Waals surface area contributed by atoms with Crippen molar-refractivity contribution in [3.05, 3.63) is 18.2 Å². The standard InChI is InChI=1S/C13H22N2O/c1-13(16,10-11-4-3-5-11)7-6-12-14-8-9-15(12)2/h8-9,11,16H,3-7,10H2,1-2H3. The van der Waals surface area contributed by atoms with Gasteiger partial charge in [-0.2, -0.15) is 0 Å². The molecule has 1 aromatic heterocycles. The zero-order valence-electron chi connectivity index (χ0n) is 10.3. The first-order valence-corrected chi connectivity index (χ1v) is 6.25. The average Bonchev–Trinajstić information content (AvgIpc) is 2.55. The molecule has 1 aliphatic rings. The van der Waals surface area contributed by atoms with Crippen molar-refractivity contribution >= 4 is 0 Å². The minimum absolute atomic E-state index is 0.517. The lowest BCUT2D eigenvalue weighted by Crippen LogP contribution is -2.31. The van der Waals surface area contributed by atoms with E-state index in [1.807, 2.05) is 30.9 Å². The van der Waals surface area contributed by atoms with E-state index in [1.165, 1.54) is 19.3 Å². The molecule has 1 saturated carbocycles. The number of nitrogens with zero attached hydrogens (tertiary/aromatic N) is 2. The van der Waals surface area contributed by atoms with Gasteiger partial charge in [0.1, 0.15) is 5.82 Å². The molecule has 0 aliphatic heterocycles. The first-order chi connectivity index (χ1) is 7.57. The molecule has 16 heavy (non-hydrogen) atoms. The predicted octanol–water partition coefficient (Wildman–Crippen LogP) is 2.29. The summed E-state index contributed by atoms with van der Waals surface area (Å²) in [6, 6.07) is 0. The van der Waals surface area contributed by atoms with Crippen molar-refractivity contribution in [2.75, 3.05) is 0 Å². The second-order valence-corrected chi connectivity index (χ2v) is 5.45. The Morgan fingerprint density at radius 3 is 2.81 bits per heavy atom. The quantitative estimate of drug-likeness (QED) is 0.830. The third kappa shape index (κ3) is 2.85. The molecule has 2 rings (SSSR count). The van der Waals surface area contributed by atoms with Crippen LogP contribution in [0.2, 0.25) is 0 Å². The van der Waals surface area contributed by atoms with Gasteiger partial charge in [-0.3, -0.25) is 0 Å². The molecule has 3 nitrogen and oxygen atoms in total. The van der Waals surface area contributed by atoms with Gasteiger partial charge in [-0.1, -0.05) is 19.3 Å². The first-order valence-electron chi connectivity index (χ1n) is 6.25. The van der Waals surface area contributed by atoms with Crippen molar-refractivity contribution in [1.29, 1.82) is 0 Å². The van der Waals surface area contributed by atoms with Gasteiger partial charge in [0.25, 0.3) is 0 Å². The molecule has 1 aliphatic carbocycles. The number of rotatable bonds is 5. The van der Waals surface area contributed by atoms with Crippen LogP contribution in [-0.2, 0) is 13.5 Å². The molecular formula is C13H22N2O. The minimum atomic E-state index is -0.517. The fourth-order valence-electron chi connectivity index (χ4n) is 2.44. The van der Waals surface area contributed by atoms with E-state index in [-0.39, 0.29) is 0 Å². The topological polar surface area (TPSA) is 38.0 Å². The molecular weight excluding hydrogens is 200 g/mol. The Morgan fingerprint density at radius 1 is 1.56 bits per heavy atom. The SMILES string of the molecule is Cn1ccnc1CCC(C)(O)CC1CCC1. The lowest BCUT2D eigenvalue weighted by atomic mass is 9.76. The fraction of sp³-hybridized carbons (Fsp3) is 0.769. The van der Waals surface area contributed by atoms with Crippen LogP contribution in [0.25, 0.3) is 0 Å². The van der Waals surface area contributed by atoms with E-state index in [9.17, 15) is 5.11 Å². The van der Waals surface area contributed by atoms with Crippen molar-refractivity contribution in [1.82, 2.24) is 9.55 Å². The molecule has 1 N–H and O–H groups in total. The summed E-state index contributed by atoms with van der Waals surface area (Å²) in [5.41, 5.74) is -0.517. The van der Waals surface area contributed by atoms with Gasteiger partial charge < -0.3 is 9.67 Å². The lowest BCUT2D eigenvalue weighted by Gasteiger charge is -2.33. The lowest BCUT2D eigenvalue weighted by molar-refractivity contribution is 0.0122. The van der Waals surface area contributed by atoms with Crippen molar-refractivity contribution in [2.24, 2.45) is 13.0 Å². The van der Waals surface area contributed by atoms with E-state index in [2.05, 4.69) is 4.98 Å². The Bertz CT molecular complexity index is 339. The van der Waals surface area contributed by atoms with Crippen LogP contribution in [-0.4, -0.2) is 20.3 Å². The Balaban J connectivity index is 1.81. The van der Waals surface area contributed by atoms with Crippen LogP contribution in [0.1, 0.15) is 44.9 Å². The summed E-state index contributed by atoms with van der Waals surface area (Å²) >= 11 is 0. The number of hydrogen-bond acceptors (Lipinski definition) is 2. The van der Waals surface area contributed by atoms with Crippen LogP contribution in [0, 0.1) is 5.92 Å². The second-order valence-electron chi connectivity index (χ2n) is 5.45. The average molecular weight is 222 g/mol. The van der Waals surface area contributed by atoms with Crippen LogP contribution in [0.3, 0.4) is 0 Å². The van der Waals surface area contributed by atoms with E-state index < -0.39 is 5.60 Å². The molecule has 0 saturated heterocycles. The van der Waals surface area contributed by atoms with Gasteiger partial charge >= 0.3 is 0 Å². The Morgan fingerprint density at radius 2 is 2.31 bits per heavy atom. The maximum absolute atomic E-state index is 10.3. The van der Waals surface area contributed by atoms with Gasteiger partial charge in [0, 0.05) is 25.9 Å². The molecule has 1 fully saturated rings. The van der Waals surface area contributed by atoms with Crippen molar-refractivity contribution in [3.63, 3.8) is 0 Å². The normalized spacial score (nSPS) is 20.4. The van der Waals surface area contributed by atoms with E-state index in [0.717, 1.165) is 31.0 Å². The Hall–Kier alpha value is -0.830. The highest BCUT2D eigenvalue weighted by Gasteiger charge is 2.28. The van der Waals surface area contributed by atoms with E-state index >= 15 is 0 Å². The second kappa shape index (κ2) is 4.58. The van der Waals surface area contributed by atoms with E-state index in [0.29, 0.717) is 0 Å². The van der Waals surface area contributed by atoms with Gasteiger partial charge in [0.2, 0.25) is 0 Å². The van der Waals surface area contributed by atoms with Crippen LogP contribution in [0.4, 0.5) is 0 Å². The zero-order chi connectivity index (χ0) is 11.6. The number of aryl methyl sites for hydroxylation is 2. The molecule has 0 aromatic carbocycles. The monoisotopic (exact) mass is 222 g/mol. The largest absolute Gasteiger partial charge is 0.390 e. The molecule has 3 heteroatoms. The van der Waals surface area contributed by atoms with Gasteiger partial charge in [-0.05, 0) is 25.7 Å². The third-order valence-electron chi connectivity index (χ3n) is 3.76. The maximum Gasteiger partial charge on any atom is 0.108 e. The Kier molecular flexibility index (Phi) is 3.33. The third-order valence-corrected chi connectivity index (χ3v) is 3.76. The van der Waals surface area contributed by atoms with Crippen LogP contribution >= 0.6 is 0 Å². The molecule has 0 radical (unpaired) electrons. The molecule has 0 bridgehead atoms. The number of hydrogen-bond donors (Lipinski definition) is 1. The van der Waals surface area contributed by atoms with Crippen LogP contribution in [0.15, 0.2) is 12.4 Å². The maximum atomic E-state index is 10.3. The Labute approximate surface area is 97.5 Å². The molecule has 1 atom stereocenters. The predicted molar refractivity (Wildman–Crippen MR) is 64.1 cm³/mol. The van der Waals surface area contributed by atoms with Crippen LogP contribution < -0.4 is 0 Å². The summed E-state index contributed by atoms with van der Waals surface area (Å²) in [4.78, 5) is 4.28. The van der Waals surface area contributed by atoms with E-state index in [1.54, 1.807) is 0 Å². The van der Waals surface area contributed by atoms with Crippen molar-refractivity contribution in [2.45, 2.75) is 51.0 Å². The minimum Gasteiger partial charge on any atom is -0.390 e. The molecule has 90 valence electrons. The summed E-state index contributed by atoms with van der Waals surface area (Å²) in [6.45, 7) is 1.97. The molecule has 0 amide bonds. The highest BCUT2D eigenvalue weighted by molar-refractivity contribution is 4.93. The van der Waals surface area contributed by atoms with Crippen LogP contribution in [0.5, 0.6) is 0 Å². The zero-order valence-corrected chi connectivity index (χ0v) is 10.3. The fourth-order valence-corrected chi connectivity index (χ4v) is 2.44. The van der Waals surface area contributed by atoms with E-state index in [4.69, 9.17) is 0 Å². The molecule has 1 unspecified atom stereocenters. The number of aromatic nitrogens is 2. The summed E-state index contributed by atoms with van der Waals surface area (Å²) in [5, 5.41) is 10.3. The summed E-state index contributed by atoms with van der Waals surface area (Å²) in [6.07, 6.45) is 10.4. The molecule has 1 heterocycles. The highest BCUT2D eigenvalue weighted by Crippen LogP contribution is 2.35. The number of aliphatic hydroxyl groups is 1. The van der Waals surface area contributed by atoms with Crippen molar-refractivity contribution in [3.8, 4) is 0 Å². The van der Waals surface area contributed by atoms with Gasteiger partial charge in [-0.25, -0.2) is 4.98 Å². The van der Waals surface area contributed by atoms with Crippen molar-refractivity contribution < 1.29 is 5.11 Å². The summed E-state index contributed by atoms with van der Waals surface area (Å²) in [7, 11) is 2.00. The molecule has 1 aromatic rings. The summed E-state index contributed by atoms with van der Waals surface area (Å²) < 4.78 is 2.03. The first kappa shape index (κ1) is 11.6. The highest BCUT2D eigenvalue weighted by atomic mass is 16.3. The summed E-state index contributed by atoms with van der Waals surface area (Å²) in [5.74, 6) is 1.82. The van der Waals surface area contributed by atoms with Gasteiger partial charge in [0.05, 0.1) is 5.60 Å². The van der Waals surface area contributed by atoms with Gasteiger partial charge in [0.15, 0.2) is 0 Å². The molecule has 0 spiro atoms. The number of imidazole rings is 1.